The van der Waals surface area contributed by atoms with Crippen LogP contribution in [0.3, 0.4) is 0 Å². The van der Waals surface area contributed by atoms with Crippen LogP contribution >= 0.6 is 24.0 Å². The molecule has 0 spiro atoms. The van der Waals surface area contributed by atoms with Crippen LogP contribution in [0.15, 0.2) is 23.1 Å². The van der Waals surface area contributed by atoms with Crippen molar-refractivity contribution in [2.24, 2.45) is 5.73 Å². The van der Waals surface area contributed by atoms with E-state index in [2.05, 4.69) is 4.90 Å². The lowest BCUT2D eigenvalue weighted by atomic mass is 10.0. The first kappa shape index (κ1) is 15.6. The second-order valence-electron chi connectivity index (χ2n) is 5.51. The fourth-order valence-corrected chi connectivity index (χ4v) is 3.89. The van der Waals surface area contributed by atoms with Crippen LogP contribution in [0.2, 0.25) is 0 Å². The minimum Gasteiger partial charge on any atom is -0.389 e. The number of benzene rings is 1. The number of thioether (sulfide) groups is 1. The summed E-state index contributed by atoms with van der Waals surface area (Å²) in [5, 5.41) is 10.6. The number of nitrogens with two attached hydrogens (primary N) is 1. The molecule has 0 unspecified atom stereocenters. The van der Waals surface area contributed by atoms with E-state index in [1.807, 2.05) is 31.5 Å². The largest absolute Gasteiger partial charge is 0.389 e. The Morgan fingerprint density at radius 1 is 1.45 bits per heavy atom. The fourth-order valence-electron chi connectivity index (χ4n) is 2.97. The number of thiocarbonyl (C=S) groups is 1. The molecule has 5 heteroatoms. The first-order valence-corrected chi connectivity index (χ1v) is 8.50. The predicted molar refractivity (Wildman–Crippen MR) is 90.8 cm³/mol. The first-order chi connectivity index (χ1) is 9.47. The Morgan fingerprint density at radius 3 is 2.65 bits per heavy atom. The molecule has 1 aromatic carbocycles. The topological polar surface area (TPSA) is 49.5 Å². The summed E-state index contributed by atoms with van der Waals surface area (Å²) in [5.41, 5.74) is 7.25. The number of rotatable bonds is 5. The van der Waals surface area contributed by atoms with Gasteiger partial charge in [0.1, 0.15) is 4.99 Å². The van der Waals surface area contributed by atoms with E-state index >= 15 is 0 Å². The van der Waals surface area contributed by atoms with Gasteiger partial charge in [-0.3, -0.25) is 0 Å². The SMILES string of the molecule is CSc1cccc(N(C)CC2(O)CCCC2)c1C(N)=S. The molecule has 0 radical (unpaired) electrons. The Hall–Kier alpha value is -0.780. The number of aliphatic hydroxyl groups is 1. The Kier molecular flexibility index (Phi) is 4.94. The molecule has 0 aliphatic heterocycles. The third-order valence-corrected chi connectivity index (χ3v) is 4.93. The van der Waals surface area contributed by atoms with Crippen LogP contribution < -0.4 is 10.6 Å². The summed E-state index contributed by atoms with van der Waals surface area (Å²) in [6, 6.07) is 6.06. The fraction of sp³-hybridized carbons (Fsp3) is 0.533. The lowest BCUT2D eigenvalue weighted by Gasteiger charge is -2.31. The van der Waals surface area contributed by atoms with Gasteiger partial charge in [-0.05, 0) is 31.2 Å². The number of likely N-dealkylation sites (N-methyl/N-ethyl adjacent to an activating group) is 1. The van der Waals surface area contributed by atoms with E-state index in [-0.39, 0.29) is 0 Å². The summed E-state index contributed by atoms with van der Waals surface area (Å²) >= 11 is 6.85. The normalized spacial score (nSPS) is 17.1. The van der Waals surface area contributed by atoms with Gasteiger partial charge in [0.15, 0.2) is 0 Å². The van der Waals surface area contributed by atoms with Gasteiger partial charge in [0, 0.05) is 29.7 Å². The van der Waals surface area contributed by atoms with Gasteiger partial charge in [0.25, 0.3) is 0 Å². The maximum atomic E-state index is 10.6. The van der Waals surface area contributed by atoms with Crippen molar-refractivity contribution in [3.63, 3.8) is 0 Å². The van der Waals surface area contributed by atoms with Gasteiger partial charge < -0.3 is 15.7 Å². The van der Waals surface area contributed by atoms with Crippen LogP contribution in [0.1, 0.15) is 31.2 Å². The van der Waals surface area contributed by atoms with Gasteiger partial charge in [0.2, 0.25) is 0 Å². The Morgan fingerprint density at radius 2 is 2.10 bits per heavy atom. The van der Waals surface area contributed by atoms with E-state index in [0.717, 1.165) is 41.8 Å². The van der Waals surface area contributed by atoms with Crippen molar-refractivity contribution in [1.82, 2.24) is 0 Å². The van der Waals surface area contributed by atoms with Gasteiger partial charge in [-0.15, -0.1) is 11.8 Å². The molecule has 0 atom stereocenters. The second-order valence-corrected chi connectivity index (χ2v) is 6.79. The zero-order chi connectivity index (χ0) is 14.8. The molecule has 1 fully saturated rings. The van der Waals surface area contributed by atoms with Crippen LogP contribution in [0.25, 0.3) is 0 Å². The molecule has 2 rings (SSSR count). The minimum absolute atomic E-state index is 0.412. The van der Waals surface area contributed by atoms with E-state index in [9.17, 15) is 5.11 Å². The van der Waals surface area contributed by atoms with Gasteiger partial charge in [-0.2, -0.15) is 0 Å². The highest BCUT2D eigenvalue weighted by atomic mass is 32.2. The molecule has 110 valence electrons. The third kappa shape index (κ3) is 3.27. The Labute approximate surface area is 130 Å². The minimum atomic E-state index is -0.572. The average molecular weight is 310 g/mol. The van der Waals surface area contributed by atoms with Crippen LogP contribution in [-0.2, 0) is 0 Å². The van der Waals surface area contributed by atoms with Crippen LogP contribution in [0.4, 0.5) is 5.69 Å². The van der Waals surface area contributed by atoms with E-state index in [1.165, 1.54) is 0 Å². The van der Waals surface area contributed by atoms with Gasteiger partial charge in [-0.25, -0.2) is 0 Å². The van der Waals surface area contributed by atoms with Crippen LogP contribution in [0.5, 0.6) is 0 Å². The molecule has 1 aliphatic carbocycles. The third-order valence-electron chi connectivity index (χ3n) is 3.95. The molecule has 0 saturated heterocycles. The quantitative estimate of drug-likeness (QED) is 0.647. The van der Waals surface area contributed by atoms with Gasteiger partial charge in [-0.1, -0.05) is 31.1 Å². The molecular formula is C15H22N2OS2. The van der Waals surface area contributed by atoms with Crippen LogP contribution in [0, 0.1) is 0 Å². The zero-order valence-electron chi connectivity index (χ0n) is 12.1. The van der Waals surface area contributed by atoms with Crippen molar-refractivity contribution in [3.05, 3.63) is 23.8 Å². The maximum absolute atomic E-state index is 10.6. The first-order valence-electron chi connectivity index (χ1n) is 6.87. The summed E-state index contributed by atoms with van der Waals surface area (Å²) in [5.74, 6) is 0. The molecule has 3 nitrogen and oxygen atoms in total. The van der Waals surface area contributed by atoms with Crippen molar-refractivity contribution in [2.45, 2.75) is 36.2 Å². The van der Waals surface area contributed by atoms with Crippen molar-refractivity contribution < 1.29 is 5.11 Å². The molecule has 1 aliphatic rings. The summed E-state index contributed by atoms with van der Waals surface area (Å²) in [6.07, 6.45) is 5.99. The lowest BCUT2D eigenvalue weighted by Crippen LogP contribution is -2.40. The molecule has 1 saturated carbocycles. The number of hydrogen-bond acceptors (Lipinski definition) is 4. The summed E-state index contributed by atoms with van der Waals surface area (Å²) in [4.78, 5) is 3.58. The number of nitrogens with zero attached hydrogens (tertiary/aromatic N) is 1. The highest BCUT2D eigenvalue weighted by molar-refractivity contribution is 7.98. The van der Waals surface area contributed by atoms with Crippen molar-refractivity contribution >= 4 is 34.7 Å². The van der Waals surface area contributed by atoms with Gasteiger partial charge >= 0.3 is 0 Å². The van der Waals surface area contributed by atoms with Crippen LogP contribution in [-0.4, -0.2) is 35.5 Å². The monoisotopic (exact) mass is 310 g/mol. The van der Waals surface area contributed by atoms with Crippen molar-refractivity contribution in [1.29, 1.82) is 0 Å². The molecule has 0 amide bonds. The highest BCUT2D eigenvalue weighted by Gasteiger charge is 2.32. The Bertz CT molecular complexity index is 499. The molecule has 20 heavy (non-hydrogen) atoms. The lowest BCUT2D eigenvalue weighted by molar-refractivity contribution is 0.0559. The second kappa shape index (κ2) is 6.33. The summed E-state index contributed by atoms with van der Waals surface area (Å²) < 4.78 is 0. The molecule has 0 bridgehead atoms. The summed E-state index contributed by atoms with van der Waals surface area (Å²) in [7, 11) is 2.00. The van der Waals surface area contributed by atoms with E-state index in [0.29, 0.717) is 11.5 Å². The highest BCUT2D eigenvalue weighted by Crippen LogP contribution is 2.34. The Balaban J connectivity index is 2.29. The summed E-state index contributed by atoms with van der Waals surface area (Å²) in [6.45, 7) is 0.625. The van der Waals surface area contributed by atoms with Gasteiger partial charge in [0.05, 0.1) is 5.60 Å². The smallest absolute Gasteiger partial charge is 0.107 e. The predicted octanol–water partition coefficient (Wildman–Crippen LogP) is 2.78. The van der Waals surface area contributed by atoms with Crippen molar-refractivity contribution in [2.75, 3.05) is 24.7 Å². The molecular weight excluding hydrogens is 288 g/mol. The molecule has 1 aromatic rings. The van der Waals surface area contributed by atoms with E-state index in [4.69, 9.17) is 18.0 Å². The molecule has 3 N–H and O–H groups in total. The number of anilines is 1. The molecule has 0 aromatic heterocycles. The maximum Gasteiger partial charge on any atom is 0.107 e. The number of hydrogen-bond donors (Lipinski definition) is 2. The average Bonchev–Trinajstić information content (AvgIpc) is 2.83. The van der Waals surface area contributed by atoms with E-state index in [1.54, 1.807) is 11.8 Å². The van der Waals surface area contributed by atoms with E-state index < -0.39 is 5.60 Å². The zero-order valence-corrected chi connectivity index (χ0v) is 13.7. The standard InChI is InChI=1S/C15H22N2OS2/c1-17(10-15(18)8-3-4-9-15)11-6-5-7-12(20-2)13(11)14(16)19/h5-7,18H,3-4,8-10H2,1-2H3,(H2,16,19). The van der Waals surface area contributed by atoms with Crippen molar-refractivity contribution in [3.8, 4) is 0 Å². The molecule has 0 heterocycles.